The van der Waals surface area contributed by atoms with Gasteiger partial charge in [0.25, 0.3) is 0 Å². The van der Waals surface area contributed by atoms with Crippen LogP contribution in [0.2, 0.25) is 0 Å². The Balaban J connectivity index is 1.96. The number of nitrogens with zero attached hydrogens (tertiary/aromatic N) is 1. The van der Waals surface area contributed by atoms with Crippen LogP contribution in [-0.4, -0.2) is 17.7 Å². The summed E-state index contributed by atoms with van der Waals surface area (Å²) < 4.78 is 6.04. The lowest BCUT2D eigenvalue weighted by molar-refractivity contribution is -0.0425. The number of rotatable bonds is 2. The van der Waals surface area contributed by atoms with Crippen molar-refractivity contribution in [3.8, 4) is 0 Å². The van der Waals surface area contributed by atoms with E-state index in [4.69, 9.17) is 10.3 Å². The highest BCUT2D eigenvalue weighted by Gasteiger charge is 2.77. The highest BCUT2D eigenvalue weighted by molar-refractivity contribution is 5.26. The number of hydrogen-bond acceptors (Lipinski definition) is 3. The first kappa shape index (κ1) is 11.6. The van der Waals surface area contributed by atoms with Gasteiger partial charge in [-0.25, -0.2) is 5.53 Å². The molecule has 0 spiro atoms. The molecule has 96 valence electrons. The molecule has 0 amide bonds. The molecular weight excluding hydrogens is 212 g/mol. The minimum Gasteiger partial charge on any atom is -0.363 e. The molecule has 7 atom stereocenters. The van der Waals surface area contributed by atoms with Crippen LogP contribution >= 0.6 is 0 Å². The number of fused-ring (bicyclic) bond motifs is 3. The normalized spacial score (nSPS) is 58.1. The van der Waals surface area contributed by atoms with E-state index in [1.165, 1.54) is 19.3 Å². The zero-order valence-corrected chi connectivity index (χ0v) is 11.4. The third kappa shape index (κ3) is 1.16. The molecule has 2 aliphatic carbocycles. The molecule has 1 heterocycles. The van der Waals surface area contributed by atoms with Crippen LogP contribution in [0.4, 0.5) is 0 Å². The molecular formula is C14H24N2O. The van der Waals surface area contributed by atoms with E-state index < -0.39 is 0 Å². The van der Waals surface area contributed by atoms with E-state index in [0.29, 0.717) is 6.10 Å². The highest BCUT2D eigenvalue weighted by Crippen LogP contribution is 2.71. The van der Waals surface area contributed by atoms with Gasteiger partial charge in [-0.05, 0) is 43.9 Å². The monoisotopic (exact) mass is 236 g/mol. The molecule has 0 aromatic carbocycles. The summed E-state index contributed by atoms with van der Waals surface area (Å²) in [5.74, 6) is 2.40. The minimum absolute atomic E-state index is 0.0307. The Morgan fingerprint density at radius 3 is 2.76 bits per heavy atom. The zero-order chi connectivity index (χ0) is 12.4. The fourth-order valence-electron chi connectivity index (χ4n) is 5.01. The van der Waals surface area contributed by atoms with Gasteiger partial charge in [-0.3, -0.25) is 0 Å². The minimum atomic E-state index is -0.0895. The van der Waals surface area contributed by atoms with Crippen LogP contribution in [0, 0.1) is 28.7 Å². The van der Waals surface area contributed by atoms with Crippen LogP contribution in [0.5, 0.6) is 0 Å². The molecule has 17 heavy (non-hydrogen) atoms. The fraction of sp³-hybridized carbons (Fsp3) is 1.00. The smallest absolute Gasteiger partial charge is 0.124 e. The molecule has 3 heteroatoms. The molecule has 3 rings (SSSR count). The summed E-state index contributed by atoms with van der Waals surface area (Å²) in [5, 5.41) is 3.79. The van der Waals surface area contributed by atoms with E-state index >= 15 is 0 Å². The summed E-state index contributed by atoms with van der Waals surface area (Å²) in [6.07, 6.45) is 4.13. The van der Waals surface area contributed by atoms with Crippen molar-refractivity contribution in [3.05, 3.63) is 0 Å². The number of nitrogens with one attached hydrogen (secondary N) is 1. The number of hydrogen-bond donors (Lipinski definition) is 1. The predicted octanol–water partition coefficient (Wildman–Crippen LogP) is 3.64. The first-order valence-corrected chi connectivity index (χ1v) is 7.01. The average molecular weight is 236 g/mol. The van der Waals surface area contributed by atoms with E-state index in [9.17, 15) is 0 Å². The second-order valence-corrected chi connectivity index (χ2v) is 6.84. The van der Waals surface area contributed by atoms with Crippen molar-refractivity contribution < 1.29 is 4.74 Å². The van der Waals surface area contributed by atoms with Gasteiger partial charge in [0.1, 0.15) is 5.60 Å². The van der Waals surface area contributed by atoms with E-state index in [1.54, 1.807) is 0 Å². The van der Waals surface area contributed by atoms with Crippen molar-refractivity contribution in [2.24, 2.45) is 28.3 Å². The molecule has 3 fully saturated rings. The molecule has 1 aliphatic heterocycles. The summed E-state index contributed by atoms with van der Waals surface area (Å²) in [7, 11) is 0. The van der Waals surface area contributed by atoms with Crippen molar-refractivity contribution in [1.82, 2.24) is 0 Å². The fourth-order valence-corrected chi connectivity index (χ4v) is 5.01. The van der Waals surface area contributed by atoms with Crippen molar-refractivity contribution in [2.45, 2.75) is 64.7 Å². The molecule has 0 aromatic heterocycles. The molecule has 6 unspecified atom stereocenters. The third-order valence-electron chi connectivity index (χ3n) is 6.40. The van der Waals surface area contributed by atoms with Gasteiger partial charge in [-0.15, -0.1) is 0 Å². The van der Waals surface area contributed by atoms with Crippen molar-refractivity contribution in [3.63, 3.8) is 0 Å². The first-order valence-electron chi connectivity index (χ1n) is 7.01. The standard InChI is InChI=1S/C14H24N2O/c1-8-5-6-13(4)11(9(8)2)7-12-14(13,17-12)10(3)16-15/h8-12,15H,5-7H2,1-4H3/t8?,9?,10?,11?,12-,13?,14?/m0/s1. The van der Waals surface area contributed by atoms with Crippen LogP contribution in [0.3, 0.4) is 0 Å². The Morgan fingerprint density at radius 2 is 2.12 bits per heavy atom. The van der Waals surface area contributed by atoms with Crippen molar-refractivity contribution in [1.29, 1.82) is 5.53 Å². The van der Waals surface area contributed by atoms with Gasteiger partial charge in [0.2, 0.25) is 0 Å². The molecule has 0 aromatic rings. The maximum absolute atomic E-state index is 7.35. The Bertz CT molecular complexity index is 358. The van der Waals surface area contributed by atoms with Crippen molar-refractivity contribution >= 4 is 0 Å². The largest absolute Gasteiger partial charge is 0.363 e. The van der Waals surface area contributed by atoms with Crippen LogP contribution in [-0.2, 0) is 4.74 Å². The maximum Gasteiger partial charge on any atom is 0.124 e. The van der Waals surface area contributed by atoms with E-state index in [0.717, 1.165) is 17.8 Å². The van der Waals surface area contributed by atoms with Gasteiger partial charge in [-0.2, -0.15) is 5.11 Å². The third-order valence-corrected chi connectivity index (χ3v) is 6.40. The summed E-state index contributed by atoms with van der Waals surface area (Å²) in [6, 6.07) is 0.0307. The van der Waals surface area contributed by atoms with E-state index in [1.807, 2.05) is 0 Å². The van der Waals surface area contributed by atoms with Crippen molar-refractivity contribution in [2.75, 3.05) is 0 Å². The van der Waals surface area contributed by atoms with Crippen LogP contribution in [0.1, 0.15) is 47.0 Å². The molecule has 0 bridgehead atoms. The van der Waals surface area contributed by atoms with Gasteiger partial charge >= 0.3 is 0 Å². The van der Waals surface area contributed by atoms with Crippen LogP contribution in [0.25, 0.3) is 0 Å². The average Bonchev–Trinajstić information content (AvgIpc) is 2.99. The number of epoxide rings is 1. The Labute approximate surface area is 104 Å². The Kier molecular flexibility index (Phi) is 2.27. The van der Waals surface area contributed by atoms with Crippen LogP contribution in [0.15, 0.2) is 5.11 Å². The zero-order valence-electron chi connectivity index (χ0n) is 11.4. The maximum atomic E-state index is 7.35. The molecule has 1 saturated heterocycles. The predicted molar refractivity (Wildman–Crippen MR) is 66.0 cm³/mol. The van der Waals surface area contributed by atoms with E-state index in [2.05, 4.69) is 32.8 Å². The second-order valence-electron chi connectivity index (χ2n) is 6.84. The Hall–Kier alpha value is -0.440. The molecule has 2 saturated carbocycles. The highest BCUT2D eigenvalue weighted by atomic mass is 16.6. The molecule has 1 N–H and O–H groups in total. The first-order chi connectivity index (χ1) is 7.97. The summed E-state index contributed by atoms with van der Waals surface area (Å²) in [6.45, 7) is 9.26. The quantitative estimate of drug-likeness (QED) is 0.577. The van der Waals surface area contributed by atoms with E-state index in [-0.39, 0.29) is 17.1 Å². The number of ether oxygens (including phenoxy) is 1. The summed E-state index contributed by atoms with van der Waals surface area (Å²) in [5.41, 5.74) is 7.52. The Morgan fingerprint density at radius 1 is 1.41 bits per heavy atom. The van der Waals surface area contributed by atoms with Gasteiger partial charge < -0.3 is 4.74 Å². The summed E-state index contributed by atoms with van der Waals surface area (Å²) in [4.78, 5) is 0. The SMILES string of the molecule is CC1CCC2(C)C(C[C@@H]3OC32C(C)N=N)C1C. The lowest BCUT2D eigenvalue weighted by atomic mass is 9.57. The van der Waals surface area contributed by atoms with Gasteiger partial charge in [-0.1, -0.05) is 20.8 Å². The molecule has 3 nitrogen and oxygen atoms in total. The second kappa shape index (κ2) is 3.31. The van der Waals surface area contributed by atoms with Crippen LogP contribution < -0.4 is 0 Å². The molecule has 0 radical (unpaired) electrons. The summed E-state index contributed by atoms with van der Waals surface area (Å²) >= 11 is 0. The topological polar surface area (TPSA) is 48.7 Å². The lowest BCUT2D eigenvalue weighted by Crippen LogP contribution is -2.49. The lowest BCUT2D eigenvalue weighted by Gasteiger charge is -2.48. The van der Waals surface area contributed by atoms with Gasteiger partial charge in [0.15, 0.2) is 0 Å². The van der Waals surface area contributed by atoms with Gasteiger partial charge in [0.05, 0.1) is 12.1 Å². The molecule has 3 aliphatic rings. The van der Waals surface area contributed by atoms with Gasteiger partial charge in [0, 0.05) is 5.41 Å².